The Labute approximate surface area is 175 Å². The minimum Gasteiger partial charge on any atom is -0.352 e. The van der Waals surface area contributed by atoms with Crippen molar-refractivity contribution in [2.45, 2.75) is 31.7 Å². The highest BCUT2D eigenvalue weighted by molar-refractivity contribution is 14.0. The number of hydrogen-bond acceptors (Lipinski definition) is 3. The molecule has 1 aromatic carbocycles. The Morgan fingerprint density at radius 3 is 2.35 bits per heavy atom. The highest BCUT2D eigenvalue weighted by atomic mass is 127. The molecule has 1 N–H and O–H groups in total. The molecule has 1 saturated heterocycles. The van der Waals surface area contributed by atoms with E-state index in [1.54, 1.807) is 33.3 Å². The summed E-state index contributed by atoms with van der Waals surface area (Å²) in [5.74, 6) is 2.09. The number of benzene rings is 1. The first kappa shape index (κ1) is 23.2. The van der Waals surface area contributed by atoms with E-state index in [1.165, 1.54) is 10.7 Å². The van der Waals surface area contributed by atoms with Crippen LogP contribution in [0.2, 0.25) is 0 Å². The van der Waals surface area contributed by atoms with Gasteiger partial charge in [-0.15, -0.1) is 24.0 Å². The van der Waals surface area contributed by atoms with Crippen LogP contribution in [0.1, 0.15) is 25.8 Å². The van der Waals surface area contributed by atoms with E-state index in [0.29, 0.717) is 23.3 Å². The third-order valence-corrected chi connectivity index (χ3v) is 6.46. The van der Waals surface area contributed by atoms with Crippen LogP contribution >= 0.6 is 24.0 Å². The van der Waals surface area contributed by atoms with Gasteiger partial charge in [0.25, 0.3) is 0 Å². The molecule has 2 unspecified atom stereocenters. The number of nitrogens with one attached hydrogen (secondary N) is 1. The Kier molecular flexibility index (Phi) is 8.81. The first-order valence-electron chi connectivity index (χ1n) is 8.71. The second-order valence-corrected chi connectivity index (χ2v) is 9.27. The lowest BCUT2D eigenvalue weighted by Gasteiger charge is -2.37. The number of sulfonamides is 1. The number of guanidine groups is 1. The van der Waals surface area contributed by atoms with Crippen molar-refractivity contribution in [3.8, 4) is 0 Å². The minimum atomic E-state index is -3.46. The van der Waals surface area contributed by atoms with Gasteiger partial charge in [0.2, 0.25) is 10.0 Å². The summed E-state index contributed by atoms with van der Waals surface area (Å²) >= 11 is 0. The number of nitrogens with zero attached hydrogens (tertiary/aromatic N) is 3. The molecular weight excluding hydrogens is 463 g/mol. The van der Waals surface area contributed by atoms with Gasteiger partial charge in [-0.1, -0.05) is 32.0 Å². The molecule has 8 heteroatoms. The largest absolute Gasteiger partial charge is 0.352 e. The molecule has 0 aromatic heterocycles. The third kappa shape index (κ3) is 5.56. The fourth-order valence-corrected chi connectivity index (χ4v) is 4.56. The normalized spacial score (nSPS) is 21.5. The minimum absolute atomic E-state index is 0. The van der Waals surface area contributed by atoms with E-state index < -0.39 is 10.0 Å². The summed E-state index contributed by atoms with van der Waals surface area (Å²) in [6, 6.07) is 7.11. The lowest BCUT2D eigenvalue weighted by Crippen LogP contribution is -2.48. The molecular formula is C18H31IN4O2S. The number of piperidine rings is 1. The summed E-state index contributed by atoms with van der Waals surface area (Å²) in [6.07, 6.45) is 1.23. The van der Waals surface area contributed by atoms with E-state index in [-0.39, 0.29) is 24.0 Å². The molecule has 148 valence electrons. The van der Waals surface area contributed by atoms with Crippen molar-refractivity contribution in [1.29, 1.82) is 0 Å². The van der Waals surface area contributed by atoms with Crippen LogP contribution in [0, 0.1) is 11.8 Å². The van der Waals surface area contributed by atoms with E-state index in [4.69, 9.17) is 0 Å². The molecule has 0 saturated carbocycles. The van der Waals surface area contributed by atoms with E-state index in [1.807, 2.05) is 12.1 Å². The van der Waals surface area contributed by atoms with Crippen LogP contribution in [0.5, 0.6) is 0 Å². The van der Waals surface area contributed by atoms with Gasteiger partial charge in [-0.25, -0.2) is 12.7 Å². The van der Waals surface area contributed by atoms with Crippen LogP contribution in [0.3, 0.4) is 0 Å². The van der Waals surface area contributed by atoms with E-state index in [2.05, 4.69) is 29.1 Å². The van der Waals surface area contributed by atoms with Gasteiger partial charge in [0.05, 0.1) is 4.90 Å². The van der Waals surface area contributed by atoms with Crippen LogP contribution in [0.15, 0.2) is 34.2 Å². The highest BCUT2D eigenvalue weighted by Crippen LogP contribution is 2.22. The summed E-state index contributed by atoms with van der Waals surface area (Å²) in [7, 11) is 1.41. The number of aliphatic imine (C=N–C) groups is 1. The molecule has 26 heavy (non-hydrogen) atoms. The molecule has 2 atom stereocenters. The Morgan fingerprint density at radius 1 is 1.23 bits per heavy atom. The summed E-state index contributed by atoms with van der Waals surface area (Å²) in [4.78, 5) is 7.00. The van der Waals surface area contributed by atoms with Crippen LogP contribution in [-0.4, -0.2) is 57.8 Å². The number of likely N-dealkylation sites (tertiary alicyclic amines) is 1. The van der Waals surface area contributed by atoms with Gasteiger partial charge >= 0.3 is 0 Å². The molecule has 0 spiro atoms. The predicted octanol–water partition coefficient (Wildman–Crippen LogP) is 2.61. The molecule has 1 aliphatic rings. The fourth-order valence-electron chi connectivity index (χ4n) is 3.44. The highest BCUT2D eigenvalue weighted by Gasteiger charge is 2.25. The molecule has 0 aliphatic carbocycles. The standard InChI is InChI=1S/C18H30N4O2S.HI/c1-14-10-15(2)13-22(12-14)18(19-3)20-11-16-8-6-7-9-17(16)25(23,24)21(4)5;/h6-9,14-15H,10-13H2,1-5H3,(H,19,20);1H. The zero-order valence-electron chi connectivity index (χ0n) is 16.3. The maximum absolute atomic E-state index is 12.5. The van der Waals surface area contributed by atoms with Gasteiger partial charge in [0.15, 0.2) is 5.96 Å². The van der Waals surface area contributed by atoms with Gasteiger partial charge in [0, 0.05) is 40.8 Å². The van der Waals surface area contributed by atoms with Crippen molar-refractivity contribution in [3.05, 3.63) is 29.8 Å². The van der Waals surface area contributed by atoms with Crippen molar-refractivity contribution in [2.24, 2.45) is 16.8 Å². The van der Waals surface area contributed by atoms with Gasteiger partial charge in [-0.05, 0) is 29.9 Å². The third-order valence-electron chi connectivity index (χ3n) is 4.55. The maximum Gasteiger partial charge on any atom is 0.242 e. The molecule has 1 aromatic rings. The molecule has 1 aliphatic heterocycles. The Hall–Kier alpha value is -0.870. The molecule has 0 amide bonds. The van der Waals surface area contributed by atoms with Crippen LogP contribution in [0.25, 0.3) is 0 Å². The van der Waals surface area contributed by atoms with Gasteiger partial charge in [-0.2, -0.15) is 0 Å². The van der Waals surface area contributed by atoms with Crippen LogP contribution < -0.4 is 5.32 Å². The Morgan fingerprint density at radius 2 is 1.81 bits per heavy atom. The molecule has 1 fully saturated rings. The zero-order valence-corrected chi connectivity index (χ0v) is 19.4. The number of rotatable bonds is 4. The second kappa shape index (κ2) is 9.89. The average molecular weight is 494 g/mol. The number of halogens is 1. The summed E-state index contributed by atoms with van der Waals surface area (Å²) in [6.45, 7) is 6.89. The Balaban J connectivity index is 0.00000338. The summed E-state index contributed by atoms with van der Waals surface area (Å²) < 4.78 is 26.3. The molecule has 2 rings (SSSR count). The van der Waals surface area contributed by atoms with Gasteiger partial charge in [0.1, 0.15) is 0 Å². The van der Waals surface area contributed by atoms with E-state index >= 15 is 0 Å². The fraction of sp³-hybridized carbons (Fsp3) is 0.611. The number of hydrogen-bond donors (Lipinski definition) is 1. The monoisotopic (exact) mass is 494 g/mol. The SMILES string of the molecule is CN=C(NCc1ccccc1S(=O)(=O)N(C)C)N1CC(C)CC(C)C1.I. The topological polar surface area (TPSA) is 65.0 Å². The van der Waals surface area contributed by atoms with Gasteiger partial charge < -0.3 is 10.2 Å². The average Bonchev–Trinajstić information content (AvgIpc) is 2.54. The molecule has 0 radical (unpaired) electrons. The molecule has 6 nitrogen and oxygen atoms in total. The quantitative estimate of drug-likeness (QED) is 0.397. The lowest BCUT2D eigenvalue weighted by molar-refractivity contribution is 0.208. The Bertz CT molecular complexity index is 712. The van der Waals surface area contributed by atoms with Crippen LogP contribution in [-0.2, 0) is 16.6 Å². The predicted molar refractivity (Wildman–Crippen MR) is 117 cm³/mol. The summed E-state index contributed by atoms with van der Waals surface area (Å²) in [5, 5.41) is 3.34. The summed E-state index contributed by atoms with van der Waals surface area (Å²) in [5.41, 5.74) is 0.746. The van der Waals surface area contributed by atoms with Crippen molar-refractivity contribution in [1.82, 2.24) is 14.5 Å². The molecule has 0 bridgehead atoms. The molecule has 1 heterocycles. The van der Waals surface area contributed by atoms with E-state index in [0.717, 1.165) is 24.6 Å². The van der Waals surface area contributed by atoms with Crippen LogP contribution in [0.4, 0.5) is 0 Å². The first-order chi connectivity index (χ1) is 11.8. The zero-order chi connectivity index (χ0) is 18.6. The first-order valence-corrected chi connectivity index (χ1v) is 10.2. The van der Waals surface area contributed by atoms with Crippen molar-refractivity contribution in [3.63, 3.8) is 0 Å². The maximum atomic E-state index is 12.5. The smallest absolute Gasteiger partial charge is 0.242 e. The van der Waals surface area contributed by atoms with E-state index in [9.17, 15) is 8.42 Å². The lowest BCUT2D eigenvalue weighted by atomic mass is 9.92. The van der Waals surface area contributed by atoms with Crippen molar-refractivity contribution < 1.29 is 8.42 Å². The van der Waals surface area contributed by atoms with Gasteiger partial charge in [-0.3, -0.25) is 4.99 Å². The van der Waals surface area contributed by atoms with Crippen molar-refractivity contribution in [2.75, 3.05) is 34.2 Å². The van der Waals surface area contributed by atoms with Crippen molar-refractivity contribution >= 4 is 40.0 Å². The second-order valence-electron chi connectivity index (χ2n) is 7.15.